The second kappa shape index (κ2) is 7.31. The number of carbonyl (C=O) groups excluding carboxylic acids is 2. The van der Waals surface area contributed by atoms with Crippen LogP contribution in [0.5, 0.6) is 0 Å². The van der Waals surface area contributed by atoms with Crippen LogP contribution in [-0.4, -0.2) is 23.5 Å². The SMILES string of the molecule is CCC(NC(=O)c1ccc(Cl)cc1)C1C2CC(N)(N3C(=O)Cc4cc(F)ccc43)C[C@@H]21. The highest BCUT2D eigenvalue weighted by Crippen LogP contribution is 2.63. The highest BCUT2D eigenvalue weighted by atomic mass is 35.5. The number of anilines is 1. The molecule has 5 rings (SSSR count). The summed E-state index contributed by atoms with van der Waals surface area (Å²) in [6.45, 7) is 2.07. The number of halogens is 2. The van der Waals surface area contributed by atoms with E-state index in [1.807, 2.05) is 0 Å². The Morgan fingerprint density at radius 1 is 1.26 bits per heavy atom. The van der Waals surface area contributed by atoms with Crippen LogP contribution in [-0.2, 0) is 11.2 Å². The minimum atomic E-state index is -0.746. The lowest BCUT2D eigenvalue weighted by Gasteiger charge is -2.38. The molecule has 5 nitrogen and oxygen atoms in total. The van der Waals surface area contributed by atoms with Crippen LogP contribution < -0.4 is 16.0 Å². The second-order valence-electron chi connectivity index (χ2n) is 9.09. The van der Waals surface area contributed by atoms with E-state index in [0.717, 1.165) is 12.1 Å². The first kappa shape index (κ1) is 20.5. The number of nitrogens with zero attached hydrogens (tertiary/aromatic N) is 1. The van der Waals surface area contributed by atoms with Crippen LogP contribution in [0, 0.1) is 23.6 Å². The van der Waals surface area contributed by atoms with Crippen LogP contribution in [0.2, 0.25) is 5.02 Å². The predicted molar refractivity (Wildman–Crippen MR) is 117 cm³/mol. The van der Waals surface area contributed by atoms with Crippen LogP contribution in [0.4, 0.5) is 10.1 Å². The van der Waals surface area contributed by atoms with Gasteiger partial charge in [0.15, 0.2) is 0 Å². The average Bonchev–Trinajstić information content (AvgIpc) is 3.07. The summed E-state index contributed by atoms with van der Waals surface area (Å²) in [4.78, 5) is 27.1. The molecule has 31 heavy (non-hydrogen) atoms. The first-order chi connectivity index (χ1) is 14.8. The van der Waals surface area contributed by atoms with E-state index in [4.69, 9.17) is 17.3 Å². The fraction of sp³-hybridized carbons (Fsp3) is 0.417. The molecular weight excluding hydrogens is 417 g/mol. The molecule has 0 spiro atoms. The van der Waals surface area contributed by atoms with E-state index in [9.17, 15) is 14.0 Å². The summed E-state index contributed by atoms with van der Waals surface area (Å²) in [5.41, 5.74) is 8.03. The van der Waals surface area contributed by atoms with Gasteiger partial charge in [-0.05, 0) is 85.0 Å². The van der Waals surface area contributed by atoms with Crippen molar-refractivity contribution in [1.29, 1.82) is 0 Å². The normalized spacial score (nSPS) is 29.5. The molecule has 4 unspecified atom stereocenters. The smallest absolute Gasteiger partial charge is 0.251 e. The van der Waals surface area contributed by atoms with E-state index in [0.29, 0.717) is 46.7 Å². The lowest BCUT2D eigenvalue weighted by molar-refractivity contribution is -0.118. The summed E-state index contributed by atoms with van der Waals surface area (Å²) < 4.78 is 13.6. The van der Waals surface area contributed by atoms with E-state index in [2.05, 4.69) is 12.2 Å². The summed E-state index contributed by atoms with van der Waals surface area (Å²) in [5, 5.41) is 3.77. The third kappa shape index (κ3) is 3.42. The van der Waals surface area contributed by atoms with Crippen molar-refractivity contribution in [2.45, 2.75) is 44.3 Å². The number of hydrogen-bond acceptors (Lipinski definition) is 3. The second-order valence-corrected chi connectivity index (χ2v) is 9.53. The summed E-state index contributed by atoms with van der Waals surface area (Å²) >= 11 is 5.91. The highest BCUT2D eigenvalue weighted by molar-refractivity contribution is 6.30. The first-order valence-electron chi connectivity index (χ1n) is 10.8. The van der Waals surface area contributed by atoms with Crippen LogP contribution in [0.25, 0.3) is 0 Å². The van der Waals surface area contributed by atoms with Crippen molar-refractivity contribution in [2.75, 3.05) is 4.90 Å². The van der Waals surface area contributed by atoms with Gasteiger partial charge in [-0.2, -0.15) is 0 Å². The van der Waals surface area contributed by atoms with Crippen molar-refractivity contribution < 1.29 is 14.0 Å². The maximum atomic E-state index is 13.6. The molecule has 5 atom stereocenters. The topological polar surface area (TPSA) is 75.4 Å². The van der Waals surface area contributed by atoms with Gasteiger partial charge >= 0.3 is 0 Å². The van der Waals surface area contributed by atoms with Gasteiger partial charge in [-0.3, -0.25) is 14.5 Å². The number of amides is 2. The van der Waals surface area contributed by atoms with E-state index < -0.39 is 5.66 Å². The van der Waals surface area contributed by atoms with Crippen molar-refractivity contribution >= 4 is 29.1 Å². The fourth-order valence-electron chi connectivity index (χ4n) is 5.83. The Balaban J connectivity index is 1.27. The Labute approximate surface area is 185 Å². The Morgan fingerprint density at radius 2 is 1.94 bits per heavy atom. The highest BCUT2D eigenvalue weighted by Gasteiger charge is 2.65. The Bertz CT molecular complexity index is 1050. The lowest BCUT2D eigenvalue weighted by atomic mass is 9.94. The minimum absolute atomic E-state index is 0.0657. The third-order valence-corrected chi connectivity index (χ3v) is 7.47. The van der Waals surface area contributed by atoms with Gasteiger partial charge in [0.25, 0.3) is 5.91 Å². The van der Waals surface area contributed by atoms with Crippen LogP contribution >= 0.6 is 11.6 Å². The maximum Gasteiger partial charge on any atom is 0.251 e. The van der Waals surface area contributed by atoms with Crippen LogP contribution in [0.15, 0.2) is 42.5 Å². The molecule has 2 saturated carbocycles. The molecule has 0 bridgehead atoms. The van der Waals surface area contributed by atoms with E-state index in [1.165, 1.54) is 12.1 Å². The van der Waals surface area contributed by atoms with E-state index in [1.54, 1.807) is 35.2 Å². The standard InChI is InChI=1S/C24H25ClFN3O2/c1-2-19(28-23(31)13-3-5-15(25)6-4-13)22-17-11-24(27,12-18(17)22)29-20-8-7-16(26)9-14(20)10-21(29)30/h3-9,17-19,22H,2,10-12,27H2,1H3,(H,28,31)/t17-,18?,19?,22?,24?/m0/s1. The number of benzene rings is 2. The van der Waals surface area contributed by atoms with Crippen molar-refractivity contribution in [3.8, 4) is 0 Å². The summed E-state index contributed by atoms with van der Waals surface area (Å²) in [7, 11) is 0. The first-order valence-corrected chi connectivity index (χ1v) is 11.2. The van der Waals surface area contributed by atoms with Crippen molar-refractivity contribution in [1.82, 2.24) is 5.32 Å². The van der Waals surface area contributed by atoms with Gasteiger partial charge < -0.3 is 11.1 Å². The zero-order valence-corrected chi connectivity index (χ0v) is 18.0. The molecule has 3 N–H and O–H groups in total. The van der Waals surface area contributed by atoms with Crippen LogP contribution in [0.3, 0.4) is 0 Å². The van der Waals surface area contributed by atoms with Crippen molar-refractivity contribution in [3.05, 3.63) is 64.4 Å². The molecule has 2 aromatic rings. The van der Waals surface area contributed by atoms with Gasteiger partial charge in [0, 0.05) is 22.3 Å². The molecule has 2 fully saturated rings. The van der Waals surface area contributed by atoms with E-state index in [-0.39, 0.29) is 30.1 Å². The van der Waals surface area contributed by atoms with Gasteiger partial charge in [-0.1, -0.05) is 18.5 Å². The number of hydrogen-bond donors (Lipinski definition) is 2. The summed E-state index contributed by atoms with van der Waals surface area (Å²) in [6.07, 6.45) is 2.41. The van der Waals surface area contributed by atoms with E-state index >= 15 is 0 Å². The molecule has 0 radical (unpaired) electrons. The molecule has 1 heterocycles. The van der Waals surface area contributed by atoms with Crippen LogP contribution in [0.1, 0.15) is 42.1 Å². The van der Waals surface area contributed by atoms with Gasteiger partial charge in [-0.15, -0.1) is 0 Å². The predicted octanol–water partition coefficient (Wildman–Crippen LogP) is 3.89. The zero-order chi connectivity index (χ0) is 21.9. The maximum absolute atomic E-state index is 13.6. The van der Waals surface area contributed by atoms with Crippen molar-refractivity contribution in [3.63, 3.8) is 0 Å². The molecule has 3 aliphatic rings. The average molecular weight is 442 g/mol. The van der Waals surface area contributed by atoms with Gasteiger partial charge in [0.1, 0.15) is 5.82 Å². The molecule has 2 aliphatic carbocycles. The molecule has 0 aromatic heterocycles. The third-order valence-electron chi connectivity index (χ3n) is 7.22. The lowest BCUT2D eigenvalue weighted by Crippen LogP contribution is -2.57. The Morgan fingerprint density at radius 3 is 2.58 bits per heavy atom. The van der Waals surface area contributed by atoms with Crippen molar-refractivity contribution in [2.24, 2.45) is 23.5 Å². The van der Waals surface area contributed by atoms with Gasteiger partial charge in [0.05, 0.1) is 12.1 Å². The molecule has 1 aliphatic heterocycles. The summed E-state index contributed by atoms with van der Waals surface area (Å²) in [5.74, 6) is 0.608. The zero-order valence-electron chi connectivity index (χ0n) is 17.3. The molecule has 2 aromatic carbocycles. The Kier molecular flexibility index (Phi) is 4.83. The number of nitrogens with one attached hydrogen (secondary N) is 1. The van der Waals surface area contributed by atoms with Gasteiger partial charge in [-0.25, -0.2) is 4.39 Å². The number of nitrogens with two attached hydrogens (primary N) is 1. The largest absolute Gasteiger partial charge is 0.349 e. The molecular formula is C24H25ClFN3O2. The molecule has 162 valence electrons. The fourth-order valence-corrected chi connectivity index (χ4v) is 5.96. The monoisotopic (exact) mass is 441 g/mol. The van der Waals surface area contributed by atoms with Gasteiger partial charge in [0.2, 0.25) is 5.91 Å². The molecule has 2 amide bonds. The number of carbonyl (C=O) groups is 2. The quantitative estimate of drug-likeness (QED) is 0.739. The Hall–Kier alpha value is -2.44. The summed E-state index contributed by atoms with van der Waals surface area (Å²) in [6, 6.07) is 11.4. The molecule has 7 heteroatoms. The molecule has 0 saturated heterocycles. The minimum Gasteiger partial charge on any atom is -0.349 e. The number of fused-ring (bicyclic) bond motifs is 2. The number of rotatable bonds is 5.